The van der Waals surface area contributed by atoms with Gasteiger partial charge in [0.1, 0.15) is 11.5 Å². The quantitative estimate of drug-likeness (QED) is 0.923. The number of aryl methyl sites for hydroxylation is 1. The number of aliphatic hydroxyl groups is 1. The molecule has 0 saturated carbocycles. The minimum absolute atomic E-state index is 0.000149. The fraction of sp³-hybridized carbons (Fsp3) is 0.389. The van der Waals surface area contributed by atoms with Crippen LogP contribution in [-0.2, 0) is 0 Å². The number of fused-ring (bicyclic) bond motifs is 3. The van der Waals surface area contributed by atoms with Crippen molar-refractivity contribution in [2.45, 2.75) is 12.8 Å². The molecule has 2 aliphatic rings. The van der Waals surface area contributed by atoms with Gasteiger partial charge in [-0.05, 0) is 24.6 Å². The van der Waals surface area contributed by atoms with E-state index in [1.165, 1.54) is 6.26 Å². The van der Waals surface area contributed by atoms with Crippen molar-refractivity contribution in [3.8, 4) is 5.75 Å². The molecule has 0 spiro atoms. The highest BCUT2D eigenvalue weighted by Crippen LogP contribution is 2.49. The second-order valence-corrected chi connectivity index (χ2v) is 6.48. The molecule has 1 fully saturated rings. The summed E-state index contributed by atoms with van der Waals surface area (Å²) in [5, 5.41) is 10.0. The Kier molecular flexibility index (Phi) is 3.20. The molecular weight excluding hydrogens is 294 g/mol. The first kappa shape index (κ1) is 14.3. The molecule has 0 aliphatic carbocycles. The van der Waals surface area contributed by atoms with Gasteiger partial charge in [-0.2, -0.15) is 0 Å². The summed E-state index contributed by atoms with van der Waals surface area (Å²) in [5.74, 6) is 1.53. The third-order valence-corrected chi connectivity index (χ3v) is 5.15. The predicted octanol–water partition coefficient (Wildman–Crippen LogP) is 2.20. The average Bonchev–Trinajstić information content (AvgIpc) is 3.18. The van der Waals surface area contributed by atoms with Gasteiger partial charge in [-0.3, -0.25) is 4.79 Å². The van der Waals surface area contributed by atoms with Crippen LogP contribution in [0, 0.1) is 12.3 Å². The molecule has 0 bridgehead atoms. The Morgan fingerprint density at radius 1 is 1.39 bits per heavy atom. The van der Waals surface area contributed by atoms with Gasteiger partial charge in [-0.25, -0.2) is 0 Å². The van der Waals surface area contributed by atoms with Crippen molar-refractivity contribution >= 4 is 5.91 Å². The predicted molar refractivity (Wildman–Crippen MR) is 83.5 cm³/mol. The van der Waals surface area contributed by atoms with E-state index in [1.807, 2.05) is 29.2 Å². The fourth-order valence-electron chi connectivity index (χ4n) is 3.80. The first-order chi connectivity index (χ1) is 11.1. The highest BCUT2D eigenvalue weighted by Gasteiger charge is 2.52. The second kappa shape index (κ2) is 5.13. The normalized spacial score (nSPS) is 25.7. The van der Waals surface area contributed by atoms with Crippen LogP contribution in [0.25, 0.3) is 0 Å². The van der Waals surface area contributed by atoms with E-state index in [-0.39, 0.29) is 18.4 Å². The highest BCUT2D eigenvalue weighted by molar-refractivity contribution is 5.95. The summed E-state index contributed by atoms with van der Waals surface area (Å²) in [7, 11) is 0. The van der Waals surface area contributed by atoms with Gasteiger partial charge in [-0.1, -0.05) is 18.2 Å². The molecule has 120 valence electrons. The van der Waals surface area contributed by atoms with Gasteiger partial charge >= 0.3 is 0 Å². The number of aliphatic hydroxyl groups excluding tert-OH is 1. The molecule has 2 aromatic rings. The summed E-state index contributed by atoms with van der Waals surface area (Å²) in [6.45, 7) is 3.30. The maximum absolute atomic E-state index is 12.8. The maximum Gasteiger partial charge on any atom is 0.257 e. The number of hydrogen-bond acceptors (Lipinski definition) is 4. The molecular formula is C18H19NO4. The molecule has 1 amide bonds. The topological polar surface area (TPSA) is 62.9 Å². The number of likely N-dealkylation sites (tertiary alicyclic amines) is 1. The van der Waals surface area contributed by atoms with Crippen molar-refractivity contribution in [3.05, 3.63) is 53.5 Å². The lowest BCUT2D eigenvalue weighted by atomic mass is 9.74. The highest BCUT2D eigenvalue weighted by atomic mass is 16.5. The number of furan rings is 1. The van der Waals surface area contributed by atoms with Crippen LogP contribution in [0.15, 0.2) is 41.0 Å². The molecule has 5 heteroatoms. The molecule has 1 saturated heterocycles. The molecule has 1 aromatic heterocycles. The van der Waals surface area contributed by atoms with E-state index in [4.69, 9.17) is 9.15 Å². The van der Waals surface area contributed by atoms with Gasteiger partial charge in [0.05, 0.1) is 30.5 Å². The van der Waals surface area contributed by atoms with Crippen molar-refractivity contribution in [3.63, 3.8) is 0 Å². The number of ether oxygens (including phenoxy) is 1. The summed E-state index contributed by atoms with van der Waals surface area (Å²) in [6.07, 6.45) is 1.53. The van der Waals surface area contributed by atoms with Crippen molar-refractivity contribution in [2.24, 2.45) is 5.41 Å². The first-order valence-electron chi connectivity index (χ1n) is 7.80. The van der Waals surface area contributed by atoms with Crippen molar-refractivity contribution in [2.75, 3.05) is 26.3 Å². The smallest absolute Gasteiger partial charge is 0.257 e. The zero-order valence-corrected chi connectivity index (χ0v) is 13.0. The van der Waals surface area contributed by atoms with Gasteiger partial charge in [0, 0.05) is 19.0 Å². The van der Waals surface area contributed by atoms with Crippen molar-refractivity contribution in [1.82, 2.24) is 4.90 Å². The van der Waals surface area contributed by atoms with Crippen LogP contribution in [0.4, 0.5) is 0 Å². The molecule has 1 unspecified atom stereocenters. The van der Waals surface area contributed by atoms with Crippen LogP contribution >= 0.6 is 0 Å². The minimum Gasteiger partial charge on any atom is -0.493 e. The average molecular weight is 313 g/mol. The van der Waals surface area contributed by atoms with Crippen LogP contribution < -0.4 is 4.74 Å². The van der Waals surface area contributed by atoms with Gasteiger partial charge in [-0.15, -0.1) is 0 Å². The lowest BCUT2D eigenvalue weighted by Gasteiger charge is -2.37. The molecule has 1 aromatic carbocycles. The maximum atomic E-state index is 12.8. The number of carbonyl (C=O) groups excluding carboxylic acids is 1. The largest absolute Gasteiger partial charge is 0.493 e. The molecule has 3 heterocycles. The van der Waals surface area contributed by atoms with Gasteiger partial charge in [0.2, 0.25) is 0 Å². The summed E-state index contributed by atoms with van der Waals surface area (Å²) in [4.78, 5) is 14.6. The Morgan fingerprint density at radius 2 is 2.22 bits per heavy atom. The number of carbonyl (C=O) groups is 1. The van der Waals surface area contributed by atoms with Crippen LogP contribution in [0.2, 0.25) is 0 Å². The number of para-hydroxylation sites is 1. The molecule has 2 aliphatic heterocycles. The Bertz CT molecular complexity index is 753. The number of benzene rings is 1. The van der Waals surface area contributed by atoms with Crippen molar-refractivity contribution in [1.29, 1.82) is 0 Å². The lowest BCUT2D eigenvalue weighted by molar-refractivity contribution is 0.0440. The number of nitrogens with zero attached hydrogens (tertiary/aromatic N) is 1. The van der Waals surface area contributed by atoms with Crippen LogP contribution in [0.3, 0.4) is 0 Å². The van der Waals surface area contributed by atoms with Crippen LogP contribution in [0.1, 0.15) is 27.6 Å². The van der Waals surface area contributed by atoms with Crippen LogP contribution in [-0.4, -0.2) is 42.2 Å². The van der Waals surface area contributed by atoms with Gasteiger partial charge in [0.25, 0.3) is 5.91 Å². The Morgan fingerprint density at radius 3 is 2.96 bits per heavy atom. The number of hydrogen-bond donors (Lipinski definition) is 1. The monoisotopic (exact) mass is 313 g/mol. The second-order valence-electron chi connectivity index (χ2n) is 6.48. The summed E-state index contributed by atoms with van der Waals surface area (Å²) >= 11 is 0. The van der Waals surface area contributed by atoms with E-state index in [9.17, 15) is 9.90 Å². The summed E-state index contributed by atoms with van der Waals surface area (Å²) in [5.41, 5.74) is 1.24. The molecule has 23 heavy (non-hydrogen) atoms. The van der Waals surface area contributed by atoms with Crippen molar-refractivity contribution < 1.29 is 19.1 Å². The lowest BCUT2D eigenvalue weighted by Crippen LogP contribution is -2.42. The van der Waals surface area contributed by atoms with Gasteiger partial charge in [0.15, 0.2) is 0 Å². The molecule has 5 nitrogen and oxygen atoms in total. The van der Waals surface area contributed by atoms with E-state index in [1.54, 1.807) is 13.0 Å². The third-order valence-electron chi connectivity index (χ3n) is 5.15. The molecule has 4 rings (SSSR count). The minimum atomic E-state index is -0.429. The SMILES string of the molecule is Cc1occc1C(=O)N1CC2c3ccccc3OC[C@]2(CO)C1. The standard InChI is InChI=1S/C18H19NO4/c1-12-13(6-7-22-12)17(21)19-8-15-14-4-2-3-5-16(14)23-11-18(15,9-19)10-20/h2-7,15,20H,8-11H2,1H3/t15?,18-/m1/s1. The van der Waals surface area contributed by atoms with E-state index in [0.29, 0.717) is 31.0 Å². The number of rotatable bonds is 2. The fourth-order valence-corrected chi connectivity index (χ4v) is 3.80. The first-order valence-corrected chi connectivity index (χ1v) is 7.80. The Labute approximate surface area is 134 Å². The number of amides is 1. The van der Waals surface area contributed by atoms with Crippen LogP contribution in [0.5, 0.6) is 5.75 Å². The van der Waals surface area contributed by atoms with E-state index in [0.717, 1.165) is 11.3 Å². The summed E-state index contributed by atoms with van der Waals surface area (Å²) in [6, 6.07) is 9.59. The zero-order valence-electron chi connectivity index (χ0n) is 13.0. The van der Waals surface area contributed by atoms with E-state index < -0.39 is 5.41 Å². The third kappa shape index (κ3) is 2.07. The Balaban J connectivity index is 1.69. The Hall–Kier alpha value is -2.27. The van der Waals surface area contributed by atoms with E-state index >= 15 is 0 Å². The van der Waals surface area contributed by atoms with E-state index in [2.05, 4.69) is 0 Å². The molecule has 1 N–H and O–H groups in total. The van der Waals surface area contributed by atoms with Gasteiger partial charge < -0.3 is 19.2 Å². The summed E-state index contributed by atoms with van der Waals surface area (Å²) < 4.78 is 11.1. The zero-order chi connectivity index (χ0) is 16.0. The molecule has 2 atom stereocenters. The molecule has 0 radical (unpaired) electrons.